The third-order valence-electron chi connectivity index (χ3n) is 3.53. The summed E-state index contributed by atoms with van der Waals surface area (Å²) in [5.74, 6) is 0. The minimum Gasteiger partial charge on any atom is -0.391 e. The molecule has 0 radical (unpaired) electrons. The molecule has 2 atom stereocenters. The molecule has 0 aliphatic carbocycles. The van der Waals surface area contributed by atoms with E-state index in [9.17, 15) is 5.11 Å². The Morgan fingerprint density at radius 3 is 2.44 bits per heavy atom. The molecule has 0 spiro atoms. The van der Waals surface area contributed by atoms with Gasteiger partial charge in [0.05, 0.1) is 12.1 Å². The van der Waals surface area contributed by atoms with Crippen LogP contribution in [0.1, 0.15) is 36.9 Å². The monoisotopic (exact) mass is 243 g/mol. The zero-order valence-corrected chi connectivity index (χ0v) is 11.1. The van der Waals surface area contributed by atoms with Crippen LogP contribution in [0, 0.1) is 6.92 Å². The highest BCUT2D eigenvalue weighted by Crippen LogP contribution is 2.28. The third kappa shape index (κ3) is 2.40. The zero-order valence-electron chi connectivity index (χ0n) is 11.1. The van der Waals surface area contributed by atoms with Crippen LogP contribution in [0.3, 0.4) is 0 Å². The number of rotatable bonds is 4. The fourth-order valence-corrected chi connectivity index (χ4v) is 2.45. The molecule has 0 heterocycles. The molecule has 0 amide bonds. The van der Waals surface area contributed by atoms with Crippen molar-refractivity contribution in [2.24, 2.45) is 5.73 Å². The van der Waals surface area contributed by atoms with Gasteiger partial charge in [-0.2, -0.15) is 0 Å². The Kier molecular flexibility index (Phi) is 4.00. The molecule has 0 aliphatic rings. The van der Waals surface area contributed by atoms with Crippen LogP contribution in [-0.2, 0) is 0 Å². The lowest BCUT2D eigenvalue weighted by molar-refractivity contribution is 0.135. The van der Waals surface area contributed by atoms with Crippen LogP contribution in [0.5, 0.6) is 0 Å². The van der Waals surface area contributed by atoms with Gasteiger partial charge in [0.2, 0.25) is 0 Å². The average Bonchev–Trinajstić information content (AvgIpc) is 2.39. The van der Waals surface area contributed by atoms with E-state index in [0.717, 1.165) is 23.8 Å². The molecular formula is C16H21NO. The van der Waals surface area contributed by atoms with Gasteiger partial charge < -0.3 is 10.8 Å². The highest BCUT2D eigenvalue weighted by molar-refractivity contribution is 5.88. The Hall–Kier alpha value is -1.38. The average molecular weight is 243 g/mol. The normalized spacial score (nSPS) is 14.7. The molecule has 0 saturated carbocycles. The molecule has 0 bridgehead atoms. The third-order valence-corrected chi connectivity index (χ3v) is 3.53. The first-order valence-electron chi connectivity index (χ1n) is 6.57. The number of hydrogen-bond donors (Lipinski definition) is 2. The van der Waals surface area contributed by atoms with Gasteiger partial charge in [-0.15, -0.1) is 0 Å². The van der Waals surface area contributed by atoms with Gasteiger partial charge in [-0.25, -0.2) is 0 Å². The Bertz CT molecular complexity index is 536. The van der Waals surface area contributed by atoms with Crippen LogP contribution >= 0.6 is 0 Å². The van der Waals surface area contributed by atoms with Crippen molar-refractivity contribution in [3.8, 4) is 0 Å². The lowest BCUT2D eigenvalue weighted by atomic mass is 9.92. The largest absolute Gasteiger partial charge is 0.391 e. The number of benzene rings is 2. The number of aliphatic hydroxyl groups is 1. The van der Waals surface area contributed by atoms with Crippen molar-refractivity contribution in [2.45, 2.75) is 38.8 Å². The summed E-state index contributed by atoms with van der Waals surface area (Å²) in [5, 5.41) is 12.4. The number of aliphatic hydroxyl groups excluding tert-OH is 1. The molecule has 2 rings (SSSR count). The maximum atomic E-state index is 10.1. The topological polar surface area (TPSA) is 46.2 Å². The number of hydrogen-bond acceptors (Lipinski definition) is 2. The van der Waals surface area contributed by atoms with Gasteiger partial charge in [-0.05, 0) is 35.2 Å². The summed E-state index contributed by atoms with van der Waals surface area (Å²) in [4.78, 5) is 0. The van der Waals surface area contributed by atoms with E-state index in [0.29, 0.717) is 0 Å². The Balaban J connectivity index is 2.48. The van der Waals surface area contributed by atoms with Gasteiger partial charge in [-0.1, -0.05) is 49.7 Å². The minimum atomic E-state index is -0.471. The van der Waals surface area contributed by atoms with Crippen LogP contribution in [-0.4, -0.2) is 11.2 Å². The first-order chi connectivity index (χ1) is 8.65. The Morgan fingerprint density at radius 2 is 1.78 bits per heavy atom. The van der Waals surface area contributed by atoms with E-state index in [1.54, 1.807) is 0 Å². The Labute approximate surface area is 108 Å². The van der Waals surface area contributed by atoms with Crippen molar-refractivity contribution in [1.29, 1.82) is 0 Å². The van der Waals surface area contributed by atoms with Crippen molar-refractivity contribution in [1.82, 2.24) is 0 Å². The fourth-order valence-electron chi connectivity index (χ4n) is 2.45. The zero-order chi connectivity index (χ0) is 13.1. The quantitative estimate of drug-likeness (QED) is 0.865. The van der Waals surface area contributed by atoms with Gasteiger partial charge in [-0.3, -0.25) is 0 Å². The summed E-state index contributed by atoms with van der Waals surface area (Å²) in [6.45, 7) is 4.16. The van der Waals surface area contributed by atoms with Gasteiger partial charge in [0.25, 0.3) is 0 Å². The lowest BCUT2D eigenvalue weighted by Crippen LogP contribution is -2.26. The van der Waals surface area contributed by atoms with Crippen molar-refractivity contribution >= 4 is 10.8 Å². The molecule has 2 nitrogen and oxygen atoms in total. The maximum Gasteiger partial charge on any atom is 0.0732 e. The predicted octanol–water partition coefficient (Wildman–Crippen LogP) is 3.31. The SMILES string of the molecule is CCC[C@H](O)[C@H](N)c1ccc(C)c2ccccc12. The van der Waals surface area contributed by atoms with E-state index in [1.807, 2.05) is 18.2 Å². The van der Waals surface area contributed by atoms with Gasteiger partial charge in [0.1, 0.15) is 0 Å². The molecule has 0 aromatic heterocycles. The van der Waals surface area contributed by atoms with E-state index in [2.05, 4.69) is 32.0 Å². The minimum absolute atomic E-state index is 0.310. The van der Waals surface area contributed by atoms with E-state index in [4.69, 9.17) is 5.73 Å². The van der Waals surface area contributed by atoms with Crippen LogP contribution < -0.4 is 5.73 Å². The molecule has 2 aromatic carbocycles. The van der Waals surface area contributed by atoms with Crippen LogP contribution in [0.4, 0.5) is 0 Å². The molecule has 18 heavy (non-hydrogen) atoms. The van der Waals surface area contributed by atoms with Crippen molar-refractivity contribution in [3.05, 3.63) is 47.5 Å². The molecule has 0 unspecified atom stereocenters. The second-order valence-electron chi connectivity index (χ2n) is 4.90. The summed E-state index contributed by atoms with van der Waals surface area (Å²) in [7, 11) is 0. The maximum absolute atomic E-state index is 10.1. The summed E-state index contributed by atoms with van der Waals surface area (Å²) in [6, 6.07) is 12.0. The van der Waals surface area contributed by atoms with Gasteiger partial charge in [0.15, 0.2) is 0 Å². The number of aryl methyl sites for hydroxylation is 1. The van der Waals surface area contributed by atoms with Crippen LogP contribution in [0.2, 0.25) is 0 Å². The van der Waals surface area contributed by atoms with Crippen molar-refractivity contribution in [3.63, 3.8) is 0 Å². The molecule has 2 aromatic rings. The van der Waals surface area contributed by atoms with Crippen LogP contribution in [0.15, 0.2) is 36.4 Å². The first-order valence-corrected chi connectivity index (χ1v) is 6.57. The van der Waals surface area contributed by atoms with Gasteiger partial charge >= 0.3 is 0 Å². The predicted molar refractivity (Wildman–Crippen MR) is 76.5 cm³/mol. The highest BCUT2D eigenvalue weighted by Gasteiger charge is 2.18. The summed E-state index contributed by atoms with van der Waals surface area (Å²) in [6.07, 6.45) is 1.21. The molecule has 96 valence electrons. The smallest absolute Gasteiger partial charge is 0.0732 e. The van der Waals surface area contributed by atoms with E-state index in [-0.39, 0.29) is 6.04 Å². The molecule has 0 aliphatic heterocycles. The van der Waals surface area contributed by atoms with Gasteiger partial charge in [0, 0.05) is 0 Å². The number of nitrogens with two attached hydrogens (primary N) is 1. The van der Waals surface area contributed by atoms with E-state index < -0.39 is 6.10 Å². The molecular weight excluding hydrogens is 222 g/mol. The number of fused-ring (bicyclic) bond motifs is 1. The molecule has 2 heteroatoms. The van der Waals surface area contributed by atoms with Crippen molar-refractivity contribution < 1.29 is 5.11 Å². The van der Waals surface area contributed by atoms with E-state index >= 15 is 0 Å². The standard InChI is InChI=1S/C16H21NO/c1-3-6-15(18)16(17)14-10-9-11(2)12-7-4-5-8-13(12)14/h4-5,7-10,15-16,18H,3,6,17H2,1-2H3/t15-,16+/m0/s1. The molecule has 0 saturated heterocycles. The van der Waals surface area contributed by atoms with E-state index in [1.165, 1.54) is 10.9 Å². The second-order valence-corrected chi connectivity index (χ2v) is 4.90. The first kappa shape index (κ1) is 13.1. The lowest BCUT2D eigenvalue weighted by Gasteiger charge is -2.21. The summed E-state index contributed by atoms with van der Waals surface area (Å²) in [5.41, 5.74) is 8.47. The Morgan fingerprint density at radius 1 is 1.11 bits per heavy atom. The molecule has 0 fully saturated rings. The fraction of sp³-hybridized carbons (Fsp3) is 0.375. The van der Waals surface area contributed by atoms with Crippen LogP contribution in [0.25, 0.3) is 10.8 Å². The van der Waals surface area contributed by atoms with Crippen molar-refractivity contribution in [2.75, 3.05) is 0 Å². The summed E-state index contributed by atoms with van der Waals surface area (Å²) >= 11 is 0. The highest BCUT2D eigenvalue weighted by atomic mass is 16.3. The summed E-state index contributed by atoms with van der Waals surface area (Å²) < 4.78 is 0. The second kappa shape index (κ2) is 5.51. The molecule has 3 N–H and O–H groups in total.